The molecule has 1 aromatic carbocycles. The van der Waals surface area contributed by atoms with Gasteiger partial charge in [-0.1, -0.05) is 6.07 Å². The van der Waals surface area contributed by atoms with Crippen LogP contribution in [-0.2, 0) is 0 Å². The predicted molar refractivity (Wildman–Crippen MR) is 43.4 cm³/mol. The maximum absolute atomic E-state index is 12.5. The van der Waals surface area contributed by atoms with Crippen molar-refractivity contribution >= 4 is 0 Å². The van der Waals surface area contributed by atoms with E-state index in [1.165, 1.54) is 12.1 Å². The molecule has 0 radical (unpaired) electrons. The molecule has 2 nitrogen and oxygen atoms in total. The van der Waals surface area contributed by atoms with E-state index in [9.17, 15) is 4.39 Å². The second-order valence-electron chi connectivity index (χ2n) is 2.19. The second-order valence-corrected chi connectivity index (χ2v) is 2.19. The monoisotopic (exact) mass is 165 g/mol. The van der Waals surface area contributed by atoms with Crippen molar-refractivity contribution in [1.29, 1.82) is 0 Å². The minimum Gasteiger partial charge on any atom is -0.486 e. The third kappa shape index (κ3) is 2.59. The van der Waals surface area contributed by atoms with Crippen molar-refractivity contribution in [2.75, 3.05) is 13.2 Å². The third-order valence-electron chi connectivity index (χ3n) is 1.27. The molecule has 1 rings (SSSR count). The summed E-state index contributed by atoms with van der Waals surface area (Å²) < 4.78 is 17.6. The molecule has 0 N–H and O–H groups in total. The van der Waals surface area contributed by atoms with Gasteiger partial charge in [0.15, 0.2) is 6.61 Å². The number of hydrogen-bond donors (Lipinski definition) is 0. The molecule has 0 unspecified atom stereocenters. The summed E-state index contributed by atoms with van der Waals surface area (Å²) in [6.07, 6.45) is 0. The zero-order valence-corrected chi connectivity index (χ0v) is 6.46. The van der Waals surface area contributed by atoms with Gasteiger partial charge in [0.2, 0.25) is 6.54 Å². The molecular weight excluding hydrogens is 157 g/mol. The minimum absolute atomic E-state index is 0.302. The van der Waals surface area contributed by atoms with E-state index >= 15 is 0 Å². The summed E-state index contributed by atoms with van der Waals surface area (Å²) in [4.78, 5) is 3.10. The Morgan fingerprint density at radius 2 is 2.33 bits per heavy atom. The van der Waals surface area contributed by atoms with Gasteiger partial charge < -0.3 is 9.58 Å². The molecule has 12 heavy (non-hydrogen) atoms. The maximum atomic E-state index is 12.5. The summed E-state index contributed by atoms with van der Waals surface area (Å²) in [5.41, 5.74) is 0. The largest absolute Gasteiger partial charge is 0.486 e. The molecule has 0 saturated heterocycles. The van der Waals surface area contributed by atoms with Gasteiger partial charge in [-0.25, -0.2) is 11.0 Å². The Labute approximate surface area is 70.4 Å². The molecule has 0 atom stereocenters. The van der Waals surface area contributed by atoms with Crippen LogP contribution < -0.4 is 4.74 Å². The highest BCUT2D eigenvalue weighted by Gasteiger charge is 1.95. The van der Waals surface area contributed by atoms with Crippen molar-refractivity contribution < 1.29 is 9.13 Å². The molecule has 0 spiro atoms. The normalized spacial score (nSPS) is 9.00. The zero-order chi connectivity index (χ0) is 8.81. The lowest BCUT2D eigenvalue weighted by atomic mass is 10.3. The average molecular weight is 165 g/mol. The van der Waals surface area contributed by atoms with Gasteiger partial charge in [-0.3, -0.25) is 0 Å². The van der Waals surface area contributed by atoms with E-state index in [-0.39, 0.29) is 5.82 Å². The summed E-state index contributed by atoms with van der Waals surface area (Å²) in [7, 11) is 0. The van der Waals surface area contributed by atoms with Crippen LogP contribution in [0.1, 0.15) is 0 Å². The Morgan fingerprint density at radius 1 is 1.50 bits per heavy atom. The van der Waals surface area contributed by atoms with Crippen molar-refractivity contribution in [3.63, 3.8) is 0 Å². The first-order chi connectivity index (χ1) is 5.83. The van der Waals surface area contributed by atoms with Crippen molar-refractivity contribution in [3.05, 3.63) is 41.5 Å². The van der Waals surface area contributed by atoms with Crippen molar-refractivity contribution in [3.8, 4) is 5.75 Å². The number of halogens is 1. The molecule has 0 bridgehead atoms. The van der Waals surface area contributed by atoms with E-state index in [2.05, 4.69) is 4.85 Å². The quantitative estimate of drug-likeness (QED) is 0.494. The summed E-state index contributed by atoms with van der Waals surface area (Å²) in [6, 6.07) is 5.88. The van der Waals surface area contributed by atoms with Gasteiger partial charge in [0.25, 0.3) is 0 Å². The second kappa shape index (κ2) is 4.35. The van der Waals surface area contributed by atoms with Gasteiger partial charge in [0.05, 0.1) is 0 Å². The number of rotatable bonds is 3. The fraction of sp³-hybridized carbons (Fsp3) is 0.222. The fourth-order valence-corrected chi connectivity index (χ4v) is 0.766. The predicted octanol–water partition coefficient (Wildman–Crippen LogP) is 2.12. The molecule has 3 heteroatoms. The topological polar surface area (TPSA) is 13.6 Å². The standard InChI is InChI=1S/C9H8FNO/c1-11-5-6-12-9-4-2-3-8(10)7-9/h2-4,7H,5-6H2. The van der Waals surface area contributed by atoms with Crippen LogP contribution in [0.4, 0.5) is 4.39 Å². The van der Waals surface area contributed by atoms with Gasteiger partial charge in [0, 0.05) is 6.07 Å². The molecule has 0 heterocycles. The van der Waals surface area contributed by atoms with E-state index in [0.29, 0.717) is 18.9 Å². The SMILES string of the molecule is [C-]#[N+]CCOc1cccc(F)c1. The lowest BCUT2D eigenvalue weighted by Crippen LogP contribution is -1.99. The average Bonchev–Trinajstić information content (AvgIpc) is 2.05. The zero-order valence-electron chi connectivity index (χ0n) is 6.46. The highest BCUT2D eigenvalue weighted by molar-refractivity contribution is 5.22. The first-order valence-corrected chi connectivity index (χ1v) is 3.54. The van der Waals surface area contributed by atoms with E-state index in [0.717, 1.165) is 0 Å². The Balaban J connectivity index is 2.48. The van der Waals surface area contributed by atoms with Crippen LogP contribution in [0.5, 0.6) is 5.75 Å². The lowest BCUT2D eigenvalue weighted by molar-refractivity contribution is 0.334. The smallest absolute Gasteiger partial charge is 0.248 e. The molecule has 0 aromatic heterocycles. The Hall–Kier alpha value is -1.56. The van der Waals surface area contributed by atoms with Crippen LogP contribution in [-0.4, -0.2) is 13.2 Å². The van der Waals surface area contributed by atoms with Gasteiger partial charge >= 0.3 is 0 Å². The number of ether oxygens (including phenoxy) is 1. The number of nitrogens with zero attached hydrogens (tertiary/aromatic N) is 1. The number of hydrogen-bond acceptors (Lipinski definition) is 1. The van der Waals surface area contributed by atoms with Gasteiger partial charge in [-0.05, 0) is 12.1 Å². The van der Waals surface area contributed by atoms with Crippen LogP contribution in [0.3, 0.4) is 0 Å². The Kier molecular flexibility index (Phi) is 3.09. The fourth-order valence-electron chi connectivity index (χ4n) is 0.766. The van der Waals surface area contributed by atoms with Crippen molar-refractivity contribution in [2.24, 2.45) is 0 Å². The van der Waals surface area contributed by atoms with Crippen LogP contribution in [0, 0.1) is 12.4 Å². The summed E-state index contributed by atoms with van der Waals surface area (Å²) in [5, 5.41) is 0. The first kappa shape index (κ1) is 8.54. The minimum atomic E-state index is -0.324. The van der Waals surface area contributed by atoms with Gasteiger partial charge in [0.1, 0.15) is 11.6 Å². The van der Waals surface area contributed by atoms with Crippen LogP contribution in [0.25, 0.3) is 4.85 Å². The molecule has 0 aliphatic carbocycles. The highest BCUT2D eigenvalue weighted by Crippen LogP contribution is 2.11. The molecule has 0 amide bonds. The van der Waals surface area contributed by atoms with Crippen molar-refractivity contribution in [1.82, 2.24) is 0 Å². The van der Waals surface area contributed by atoms with E-state index < -0.39 is 0 Å². The molecule has 0 aliphatic heterocycles. The first-order valence-electron chi connectivity index (χ1n) is 3.54. The van der Waals surface area contributed by atoms with Gasteiger partial charge in [-0.2, -0.15) is 0 Å². The third-order valence-corrected chi connectivity index (χ3v) is 1.27. The summed E-state index contributed by atoms with van der Waals surface area (Å²) >= 11 is 0. The maximum Gasteiger partial charge on any atom is 0.248 e. The highest BCUT2D eigenvalue weighted by atomic mass is 19.1. The summed E-state index contributed by atoms with van der Waals surface area (Å²) in [6.45, 7) is 7.10. The molecule has 62 valence electrons. The van der Waals surface area contributed by atoms with Crippen LogP contribution in [0.2, 0.25) is 0 Å². The van der Waals surface area contributed by atoms with E-state index in [1.807, 2.05) is 0 Å². The molecule has 0 fully saturated rings. The van der Waals surface area contributed by atoms with E-state index in [4.69, 9.17) is 11.3 Å². The lowest BCUT2D eigenvalue weighted by Gasteiger charge is -2.00. The van der Waals surface area contributed by atoms with Crippen LogP contribution in [0.15, 0.2) is 24.3 Å². The van der Waals surface area contributed by atoms with Gasteiger partial charge in [-0.15, -0.1) is 0 Å². The molecular formula is C9H8FNO. The summed E-state index contributed by atoms with van der Waals surface area (Å²) in [5.74, 6) is 0.147. The van der Waals surface area contributed by atoms with Crippen molar-refractivity contribution in [2.45, 2.75) is 0 Å². The van der Waals surface area contributed by atoms with E-state index in [1.54, 1.807) is 12.1 Å². The molecule has 0 saturated carbocycles. The Bertz CT molecular complexity index is 293. The van der Waals surface area contributed by atoms with Crippen LogP contribution >= 0.6 is 0 Å². The Morgan fingerprint density at radius 3 is 3.00 bits per heavy atom. The molecule has 0 aliphatic rings. The molecule has 1 aromatic rings. The number of benzene rings is 1.